The lowest BCUT2D eigenvalue weighted by atomic mass is 10.1. The third-order valence-electron chi connectivity index (χ3n) is 3.32. The van der Waals surface area contributed by atoms with Crippen LogP contribution in [0.3, 0.4) is 0 Å². The normalized spacial score (nSPS) is 11.8. The standard InChI is InChI=1S/C17H19ClN2O/c1-11-6-4-7-14(10-11)20-17(21)13(3)19-16-9-5-8-15(18)12(16)2/h4-10,13,19H,1-3H3,(H,20,21)/t13-/m0/s1. The molecule has 0 unspecified atom stereocenters. The average molecular weight is 303 g/mol. The van der Waals surface area contributed by atoms with Crippen LogP contribution in [0.1, 0.15) is 18.1 Å². The summed E-state index contributed by atoms with van der Waals surface area (Å²) in [7, 11) is 0. The molecule has 0 aromatic heterocycles. The minimum atomic E-state index is -0.359. The van der Waals surface area contributed by atoms with Crippen molar-refractivity contribution in [1.82, 2.24) is 0 Å². The maximum atomic E-state index is 12.2. The summed E-state index contributed by atoms with van der Waals surface area (Å²) < 4.78 is 0. The second-order valence-electron chi connectivity index (χ2n) is 5.14. The molecule has 1 amide bonds. The van der Waals surface area contributed by atoms with Gasteiger partial charge in [-0.2, -0.15) is 0 Å². The zero-order chi connectivity index (χ0) is 15.4. The Balaban J connectivity index is 2.04. The highest BCUT2D eigenvalue weighted by atomic mass is 35.5. The van der Waals surface area contributed by atoms with E-state index in [0.717, 1.165) is 22.5 Å². The summed E-state index contributed by atoms with van der Waals surface area (Å²) in [5.74, 6) is -0.0834. The molecule has 0 aliphatic carbocycles. The molecule has 0 saturated carbocycles. The van der Waals surface area contributed by atoms with Crippen molar-refractivity contribution in [3.05, 3.63) is 58.6 Å². The number of rotatable bonds is 4. The van der Waals surface area contributed by atoms with E-state index in [1.165, 1.54) is 0 Å². The van der Waals surface area contributed by atoms with E-state index >= 15 is 0 Å². The summed E-state index contributed by atoms with van der Waals surface area (Å²) in [6.45, 7) is 5.74. The second kappa shape index (κ2) is 6.64. The summed E-state index contributed by atoms with van der Waals surface area (Å²) in [6, 6.07) is 13.0. The monoisotopic (exact) mass is 302 g/mol. The molecule has 0 radical (unpaired) electrons. The fraction of sp³-hybridized carbons (Fsp3) is 0.235. The van der Waals surface area contributed by atoms with Crippen molar-refractivity contribution in [2.45, 2.75) is 26.8 Å². The highest BCUT2D eigenvalue weighted by molar-refractivity contribution is 6.31. The molecule has 1 atom stereocenters. The van der Waals surface area contributed by atoms with Gasteiger partial charge in [-0.1, -0.05) is 29.8 Å². The number of carbonyl (C=O) groups is 1. The summed E-state index contributed by atoms with van der Waals surface area (Å²) in [4.78, 5) is 12.2. The minimum Gasteiger partial charge on any atom is -0.374 e. The first-order valence-electron chi connectivity index (χ1n) is 6.86. The predicted molar refractivity (Wildman–Crippen MR) is 89.1 cm³/mol. The number of nitrogens with one attached hydrogen (secondary N) is 2. The lowest BCUT2D eigenvalue weighted by molar-refractivity contribution is -0.116. The van der Waals surface area contributed by atoms with E-state index in [1.807, 2.05) is 63.2 Å². The van der Waals surface area contributed by atoms with Crippen LogP contribution in [-0.2, 0) is 4.79 Å². The van der Waals surface area contributed by atoms with Crippen molar-refractivity contribution < 1.29 is 4.79 Å². The SMILES string of the molecule is Cc1cccc(NC(=O)[C@H](C)Nc2cccc(Cl)c2C)c1. The zero-order valence-electron chi connectivity index (χ0n) is 12.4. The van der Waals surface area contributed by atoms with Crippen LogP contribution < -0.4 is 10.6 Å². The number of carbonyl (C=O) groups excluding carboxylic acids is 1. The Morgan fingerprint density at radius 2 is 1.86 bits per heavy atom. The van der Waals surface area contributed by atoms with Gasteiger partial charge < -0.3 is 10.6 Å². The Labute approximate surface area is 130 Å². The third kappa shape index (κ3) is 3.99. The lowest BCUT2D eigenvalue weighted by Gasteiger charge is -2.17. The van der Waals surface area contributed by atoms with E-state index in [0.29, 0.717) is 5.02 Å². The van der Waals surface area contributed by atoms with Crippen LogP contribution in [0.5, 0.6) is 0 Å². The fourth-order valence-electron chi connectivity index (χ4n) is 2.04. The van der Waals surface area contributed by atoms with Crippen LogP contribution in [0.15, 0.2) is 42.5 Å². The van der Waals surface area contributed by atoms with Crippen molar-refractivity contribution in [3.8, 4) is 0 Å². The molecule has 0 spiro atoms. The summed E-state index contributed by atoms with van der Waals surface area (Å²) in [5.41, 5.74) is 3.72. The molecule has 110 valence electrons. The van der Waals surface area contributed by atoms with Crippen molar-refractivity contribution in [2.75, 3.05) is 10.6 Å². The quantitative estimate of drug-likeness (QED) is 0.879. The molecule has 0 aliphatic heterocycles. The Morgan fingerprint density at radius 3 is 2.57 bits per heavy atom. The molecular formula is C17H19ClN2O. The molecule has 3 nitrogen and oxygen atoms in total. The van der Waals surface area contributed by atoms with E-state index in [-0.39, 0.29) is 11.9 Å². The van der Waals surface area contributed by atoms with Crippen molar-refractivity contribution >= 4 is 28.9 Å². The molecule has 4 heteroatoms. The topological polar surface area (TPSA) is 41.1 Å². The second-order valence-corrected chi connectivity index (χ2v) is 5.54. The number of hydrogen-bond acceptors (Lipinski definition) is 2. The summed E-state index contributed by atoms with van der Waals surface area (Å²) in [6.07, 6.45) is 0. The molecule has 0 bridgehead atoms. The minimum absolute atomic E-state index is 0.0834. The van der Waals surface area contributed by atoms with Gasteiger partial charge in [0, 0.05) is 16.4 Å². The van der Waals surface area contributed by atoms with Gasteiger partial charge in [0.25, 0.3) is 0 Å². The van der Waals surface area contributed by atoms with E-state index in [1.54, 1.807) is 0 Å². The number of benzene rings is 2. The number of aryl methyl sites for hydroxylation is 1. The van der Waals surface area contributed by atoms with Gasteiger partial charge in [0.2, 0.25) is 5.91 Å². The van der Waals surface area contributed by atoms with Gasteiger partial charge in [-0.15, -0.1) is 0 Å². The largest absolute Gasteiger partial charge is 0.374 e. The molecule has 0 fully saturated rings. The molecule has 0 saturated heterocycles. The molecule has 0 heterocycles. The Morgan fingerprint density at radius 1 is 1.14 bits per heavy atom. The average Bonchev–Trinajstić information content (AvgIpc) is 2.44. The smallest absolute Gasteiger partial charge is 0.246 e. The van der Waals surface area contributed by atoms with Crippen molar-refractivity contribution in [1.29, 1.82) is 0 Å². The Bertz CT molecular complexity index is 655. The van der Waals surface area contributed by atoms with Gasteiger partial charge in [0.1, 0.15) is 6.04 Å². The van der Waals surface area contributed by atoms with E-state index < -0.39 is 0 Å². The molecule has 21 heavy (non-hydrogen) atoms. The van der Waals surface area contributed by atoms with Crippen molar-refractivity contribution in [3.63, 3.8) is 0 Å². The molecular weight excluding hydrogens is 284 g/mol. The van der Waals surface area contributed by atoms with Crippen LogP contribution in [0.4, 0.5) is 11.4 Å². The van der Waals surface area contributed by atoms with E-state index in [9.17, 15) is 4.79 Å². The highest BCUT2D eigenvalue weighted by Gasteiger charge is 2.14. The Hall–Kier alpha value is -2.00. The number of anilines is 2. The Kier molecular flexibility index (Phi) is 4.86. The van der Waals surface area contributed by atoms with Crippen molar-refractivity contribution in [2.24, 2.45) is 0 Å². The summed E-state index contributed by atoms with van der Waals surface area (Å²) in [5, 5.41) is 6.78. The highest BCUT2D eigenvalue weighted by Crippen LogP contribution is 2.23. The number of amides is 1. The van der Waals surface area contributed by atoms with Crippen LogP contribution in [0, 0.1) is 13.8 Å². The number of halogens is 1. The first-order valence-corrected chi connectivity index (χ1v) is 7.24. The maximum absolute atomic E-state index is 12.2. The van der Waals surface area contributed by atoms with Crippen LogP contribution in [0.25, 0.3) is 0 Å². The number of hydrogen-bond donors (Lipinski definition) is 2. The first kappa shape index (κ1) is 15.4. The van der Waals surface area contributed by atoms with Gasteiger partial charge in [-0.25, -0.2) is 0 Å². The maximum Gasteiger partial charge on any atom is 0.246 e. The molecule has 2 aromatic carbocycles. The van der Waals surface area contributed by atoms with Gasteiger partial charge in [0.05, 0.1) is 0 Å². The lowest BCUT2D eigenvalue weighted by Crippen LogP contribution is -2.32. The first-order chi connectivity index (χ1) is 9.97. The predicted octanol–water partition coefficient (Wildman–Crippen LogP) is 4.40. The van der Waals surface area contributed by atoms with Crippen LogP contribution >= 0.6 is 11.6 Å². The molecule has 2 rings (SSSR count). The molecule has 2 aromatic rings. The van der Waals surface area contributed by atoms with E-state index in [4.69, 9.17) is 11.6 Å². The molecule has 2 N–H and O–H groups in total. The van der Waals surface area contributed by atoms with Gasteiger partial charge in [0.15, 0.2) is 0 Å². The zero-order valence-corrected chi connectivity index (χ0v) is 13.2. The van der Waals surface area contributed by atoms with Crippen LogP contribution in [-0.4, -0.2) is 11.9 Å². The van der Waals surface area contributed by atoms with Crippen LogP contribution in [0.2, 0.25) is 5.02 Å². The molecule has 0 aliphatic rings. The van der Waals surface area contributed by atoms with Gasteiger partial charge in [-0.3, -0.25) is 4.79 Å². The third-order valence-corrected chi connectivity index (χ3v) is 3.73. The summed E-state index contributed by atoms with van der Waals surface area (Å²) >= 11 is 6.08. The van der Waals surface area contributed by atoms with Gasteiger partial charge in [-0.05, 0) is 56.2 Å². The van der Waals surface area contributed by atoms with E-state index in [2.05, 4.69) is 10.6 Å². The fourth-order valence-corrected chi connectivity index (χ4v) is 2.21. The van der Waals surface area contributed by atoms with Gasteiger partial charge >= 0.3 is 0 Å².